The fraction of sp³-hybridized carbons (Fsp3) is 0.379. The number of rotatable bonds is 8. The summed E-state index contributed by atoms with van der Waals surface area (Å²) in [5.74, 6) is -0.213. The molecule has 0 spiro atoms. The van der Waals surface area contributed by atoms with E-state index in [1.807, 2.05) is 15.5 Å². The average molecular weight is 534 g/mol. The van der Waals surface area contributed by atoms with Crippen molar-refractivity contribution in [1.82, 2.24) is 14.8 Å². The number of carbonyl (C=O) groups excluding carboxylic acids is 2. The lowest BCUT2D eigenvalue weighted by molar-refractivity contribution is -0.133. The average Bonchev–Trinajstić information content (AvgIpc) is 2.93. The first-order chi connectivity index (χ1) is 18.7. The highest BCUT2D eigenvalue weighted by Crippen LogP contribution is 2.35. The predicted molar refractivity (Wildman–Crippen MR) is 142 cm³/mol. The minimum absolute atomic E-state index is 0.00945. The Morgan fingerprint density at radius 1 is 1.13 bits per heavy atom. The third-order valence-electron chi connectivity index (χ3n) is 7.49. The van der Waals surface area contributed by atoms with Gasteiger partial charge in [-0.05, 0) is 49.6 Å². The molecule has 10 heteroatoms. The topological polar surface area (TPSA) is 131 Å². The third-order valence-corrected chi connectivity index (χ3v) is 7.49. The number of benzene rings is 1. The van der Waals surface area contributed by atoms with Crippen LogP contribution in [0.2, 0.25) is 0 Å². The van der Waals surface area contributed by atoms with Gasteiger partial charge in [-0.1, -0.05) is 6.07 Å². The first kappa shape index (κ1) is 26.4. The third kappa shape index (κ3) is 5.37. The Balaban J connectivity index is 1.31. The summed E-state index contributed by atoms with van der Waals surface area (Å²) in [5.41, 5.74) is 0.619. The van der Waals surface area contributed by atoms with Crippen LogP contribution in [-0.2, 0) is 11.3 Å². The van der Waals surface area contributed by atoms with Crippen molar-refractivity contribution in [3.63, 3.8) is 0 Å². The summed E-state index contributed by atoms with van der Waals surface area (Å²) in [6.45, 7) is 3.36. The molecule has 3 aromatic rings. The van der Waals surface area contributed by atoms with Gasteiger partial charge in [-0.3, -0.25) is 19.2 Å². The summed E-state index contributed by atoms with van der Waals surface area (Å²) < 4.78 is 12.6. The van der Waals surface area contributed by atoms with Gasteiger partial charge in [-0.2, -0.15) is 0 Å². The molecule has 1 amide bonds. The Hall–Kier alpha value is -4.18. The van der Waals surface area contributed by atoms with Gasteiger partial charge in [0.15, 0.2) is 11.5 Å². The molecule has 2 aromatic heterocycles. The molecule has 4 heterocycles. The zero-order chi connectivity index (χ0) is 27.7. The number of Topliss-reactive ketones (excluding diaryl/α,β-unsaturated/α-hetero) is 1. The smallest absolute Gasteiger partial charge is 0.250 e. The van der Waals surface area contributed by atoms with Gasteiger partial charge in [0, 0.05) is 61.9 Å². The first-order valence-electron chi connectivity index (χ1n) is 13.0. The van der Waals surface area contributed by atoms with Crippen molar-refractivity contribution < 1.29 is 23.8 Å². The first-order valence-corrected chi connectivity index (χ1v) is 13.0. The molecule has 204 valence electrons. The predicted octanol–water partition coefficient (Wildman–Crippen LogP) is 2.37. The van der Waals surface area contributed by atoms with Crippen molar-refractivity contribution in [2.45, 2.75) is 38.3 Å². The monoisotopic (exact) mass is 533 g/mol. The van der Waals surface area contributed by atoms with Gasteiger partial charge in [0.05, 0.1) is 7.11 Å². The molecular weight excluding hydrogens is 502 g/mol. The van der Waals surface area contributed by atoms with Crippen molar-refractivity contribution in [1.29, 1.82) is 0 Å². The second kappa shape index (κ2) is 10.9. The molecule has 2 aliphatic heterocycles. The minimum Gasteiger partial charge on any atom is -0.502 e. The van der Waals surface area contributed by atoms with E-state index in [1.165, 1.54) is 7.11 Å². The number of amides is 1. The van der Waals surface area contributed by atoms with E-state index in [4.69, 9.17) is 9.15 Å². The Bertz CT molecular complexity index is 1510. The van der Waals surface area contributed by atoms with Crippen LogP contribution < -0.4 is 21.0 Å². The quantitative estimate of drug-likeness (QED) is 0.422. The Morgan fingerprint density at radius 3 is 2.64 bits per heavy atom. The summed E-state index contributed by atoms with van der Waals surface area (Å²) in [6, 6.07) is 11.7. The van der Waals surface area contributed by atoms with E-state index < -0.39 is 23.0 Å². The summed E-state index contributed by atoms with van der Waals surface area (Å²) in [5, 5.41) is 13.5. The highest BCUT2D eigenvalue weighted by molar-refractivity contribution is 6.00. The molecule has 1 aromatic carbocycles. The number of aryl methyl sites for hydroxylation is 1. The maximum atomic E-state index is 13.5. The highest BCUT2D eigenvalue weighted by atomic mass is 16.5. The molecule has 39 heavy (non-hydrogen) atoms. The maximum absolute atomic E-state index is 13.5. The number of likely N-dealkylation sites (tertiary alicyclic amines) is 1. The van der Waals surface area contributed by atoms with Gasteiger partial charge in [0.2, 0.25) is 17.1 Å². The van der Waals surface area contributed by atoms with Crippen LogP contribution in [0, 0.1) is 12.8 Å². The molecule has 10 nitrogen and oxygen atoms in total. The molecule has 2 aliphatic rings. The Kier molecular flexibility index (Phi) is 7.38. The molecule has 2 N–H and O–H groups in total. The van der Waals surface area contributed by atoms with Gasteiger partial charge in [-0.15, -0.1) is 0 Å². The van der Waals surface area contributed by atoms with E-state index in [0.29, 0.717) is 30.9 Å². The largest absolute Gasteiger partial charge is 0.502 e. The van der Waals surface area contributed by atoms with Crippen LogP contribution in [0.3, 0.4) is 0 Å². The van der Waals surface area contributed by atoms with Crippen LogP contribution in [0.4, 0.5) is 0 Å². The molecule has 2 bridgehead atoms. The molecule has 1 fully saturated rings. The number of nitrogens with zero attached hydrogens (tertiary/aromatic N) is 2. The lowest BCUT2D eigenvalue weighted by Crippen LogP contribution is -2.49. The number of aromatic hydroxyl groups is 1. The van der Waals surface area contributed by atoms with E-state index in [0.717, 1.165) is 18.2 Å². The van der Waals surface area contributed by atoms with Crippen molar-refractivity contribution in [3.8, 4) is 11.5 Å². The lowest BCUT2D eigenvalue weighted by atomic mass is 9.83. The van der Waals surface area contributed by atoms with Crippen LogP contribution in [0.1, 0.15) is 52.4 Å². The molecule has 3 atom stereocenters. The standard InChI is InChI=1S/C29H31N3O7/c1-17-12-23(33)28(37)29(39-17)26(27(36)19-6-8-21(38-2)9-7-19)30-11-10-24(34)31-14-18-13-20(16-31)22-4-3-5-25(35)32(22)15-18/h3-9,12,18,20,26,30,37H,10-11,13-16H2,1-2H3. The van der Waals surface area contributed by atoms with E-state index in [1.54, 1.807) is 43.3 Å². The maximum Gasteiger partial charge on any atom is 0.250 e. The van der Waals surface area contributed by atoms with Crippen LogP contribution in [0.25, 0.3) is 0 Å². The highest BCUT2D eigenvalue weighted by Gasteiger charge is 2.36. The molecule has 0 aliphatic carbocycles. The van der Waals surface area contributed by atoms with Gasteiger partial charge < -0.3 is 29.0 Å². The summed E-state index contributed by atoms with van der Waals surface area (Å²) in [4.78, 5) is 53.0. The number of piperidine rings is 1. The summed E-state index contributed by atoms with van der Waals surface area (Å²) in [7, 11) is 1.52. The van der Waals surface area contributed by atoms with Crippen LogP contribution in [-0.4, -0.2) is 53.0 Å². The van der Waals surface area contributed by atoms with E-state index in [9.17, 15) is 24.3 Å². The van der Waals surface area contributed by atoms with Gasteiger partial charge in [0.1, 0.15) is 17.6 Å². The number of hydrogen-bond donors (Lipinski definition) is 2. The zero-order valence-corrected chi connectivity index (χ0v) is 21.9. The number of fused-ring (bicyclic) bond motifs is 4. The van der Waals surface area contributed by atoms with Crippen LogP contribution >= 0.6 is 0 Å². The van der Waals surface area contributed by atoms with Crippen molar-refractivity contribution in [2.75, 3.05) is 26.7 Å². The van der Waals surface area contributed by atoms with Gasteiger partial charge in [0.25, 0.3) is 5.56 Å². The lowest BCUT2D eigenvalue weighted by Gasteiger charge is -2.42. The van der Waals surface area contributed by atoms with Gasteiger partial charge >= 0.3 is 0 Å². The number of ether oxygens (including phenoxy) is 1. The zero-order valence-electron chi connectivity index (χ0n) is 21.9. The van der Waals surface area contributed by atoms with Crippen molar-refractivity contribution in [2.24, 2.45) is 5.92 Å². The SMILES string of the molecule is COc1ccc(C(=O)C(NCCC(=O)N2CC3CC(C2)c2cccc(=O)n2C3)c2oc(C)cc(=O)c2O)cc1. The van der Waals surface area contributed by atoms with Gasteiger partial charge in [-0.25, -0.2) is 0 Å². The summed E-state index contributed by atoms with van der Waals surface area (Å²) >= 11 is 0. The molecule has 0 radical (unpaired) electrons. The number of carbonyl (C=O) groups is 2. The Morgan fingerprint density at radius 2 is 1.90 bits per heavy atom. The van der Waals surface area contributed by atoms with E-state index >= 15 is 0 Å². The van der Waals surface area contributed by atoms with Crippen LogP contribution in [0.5, 0.6) is 11.5 Å². The van der Waals surface area contributed by atoms with E-state index in [-0.39, 0.29) is 47.8 Å². The van der Waals surface area contributed by atoms with Crippen LogP contribution in [0.15, 0.2) is 62.5 Å². The fourth-order valence-corrected chi connectivity index (χ4v) is 5.63. The number of nitrogens with one attached hydrogen (secondary N) is 1. The number of hydrogen-bond acceptors (Lipinski definition) is 8. The molecule has 0 saturated carbocycles. The molecule has 5 rings (SSSR count). The van der Waals surface area contributed by atoms with E-state index in [2.05, 4.69) is 5.32 Å². The van der Waals surface area contributed by atoms with Crippen molar-refractivity contribution >= 4 is 11.7 Å². The number of ketones is 1. The van der Waals surface area contributed by atoms with Crippen molar-refractivity contribution in [3.05, 3.63) is 91.9 Å². The second-order valence-corrected chi connectivity index (χ2v) is 10.2. The number of methoxy groups -OCH3 is 1. The molecule has 3 unspecified atom stereocenters. The minimum atomic E-state index is -1.18. The molecular formula is C29H31N3O7. The summed E-state index contributed by atoms with van der Waals surface area (Å²) in [6.07, 6.45) is 1.04. The normalized spacial score (nSPS) is 18.8. The number of pyridine rings is 1. The fourth-order valence-electron chi connectivity index (χ4n) is 5.63. The number of aromatic nitrogens is 1. The Labute approximate surface area is 224 Å². The molecule has 1 saturated heterocycles. The second-order valence-electron chi connectivity index (χ2n) is 10.2.